The maximum atomic E-state index is 12.4. The maximum absolute atomic E-state index is 12.4. The minimum Gasteiger partial charge on any atom is -0.484 e. The lowest BCUT2D eigenvalue weighted by molar-refractivity contribution is -0.384. The third-order valence-electron chi connectivity index (χ3n) is 4.75. The number of aryl methyl sites for hydroxylation is 1. The molecule has 1 amide bonds. The summed E-state index contributed by atoms with van der Waals surface area (Å²) in [4.78, 5) is 37.7. The summed E-state index contributed by atoms with van der Waals surface area (Å²) in [5.41, 5.74) is 1.58. The van der Waals surface area contributed by atoms with Crippen LogP contribution in [0.2, 0.25) is 0 Å². The van der Waals surface area contributed by atoms with Gasteiger partial charge in [-0.15, -0.1) is 0 Å². The molecule has 0 spiro atoms. The number of hydrogen-bond donors (Lipinski definition) is 0. The molecule has 1 aliphatic rings. The maximum Gasteiger partial charge on any atom is 0.293 e. The first-order valence-corrected chi connectivity index (χ1v) is 8.94. The molecular formula is C20H21N3O5. The standard InChI is InChI=1S/C20H21N3O5/c1-15-4-2-3-5-19(15)28-14-20(25)22-10-8-21(9-11-22)17-7-6-16(13-24)12-18(17)23(26)27/h2-7,12-13H,8-11,14H2,1H3. The Labute approximate surface area is 162 Å². The number of carbonyl (C=O) groups is 2. The molecule has 1 fully saturated rings. The molecule has 2 aromatic carbocycles. The number of amides is 1. The number of nitrogens with zero attached hydrogens (tertiary/aromatic N) is 3. The molecule has 1 aliphatic heterocycles. The Balaban J connectivity index is 1.60. The van der Waals surface area contributed by atoms with E-state index in [9.17, 15) is 19.7 Å². The monoisotopic (exact) mass is 383 g/mol. The highest BCUT2D eigenvalue weighted by Crippen LogP contribution is 2.29. The molecule has 0 aromatic heterocycles. The fourth-order valence-electron chi connectivity index (χ4n) is 3.17. The van der Waals surface area contributed by atoms with E-state index in [1.807, 2.05) is 36.1 Å². The van der Waals surface area contributed by atoms with Crippen LogP contribution in [0.15, 0.2) is 42.5 Å². The van der Waals surface area contributed by atoms with Crippen molar-refractivity contribution in [2.75, 3.05) is 37.7 Å². The van der Waals surface area contributed by atoms with Crippen molar-refractivity contribution in [2.24, 2.45) is 0 Å². The van der Waals surface area contributed by atoms with Crippen molar-refractivity contribution in [3.63, 3.8) is 0 Å². The lowest BCUT2D eigenvalue weighted by Crippen LogP contribution is -2.50. The van der Waals surface area contributed by atoms with E-state index in [2.05, 4.69) is 0 Å². The van der Waals surface area contributed by atoms with Crippen molar-refractivity contribution < 1.29 is 19.2 Å². The molecule has 8 nitrogen and oxygen atoms in total. The molecule has 0 unspecified atom stereocenters. The molecule has 1 heterocycles. The smallest absolute Gasteiger partial charge is 0.293 e. The predicted octanol–water partition coefficient (Wildman–Crippen LogP) is 2.44. The Kier molecular flexibility index (Phi) is 5.88. The van der Waals surface area contributed by atoms with Crippen molar-refractivity contribution >= 4 is 23.6 Å². The quantitative estimate of drug-likeness (QED) is 0.432. The molecule has 28 heavy (non-hydrogen) atoms. The molecule has 146 valence electrons. The third-order valence-corrected chi connectivity index (χ3v) is 4.75. The Morgan fingerprint density at radius 1 is 1.18 bits per heavy atom. The van der Waals surface area contributed by atoms with E-state index in [-0.39, 0.29) is 23.8 Å². The fraction of sp³-hybridized carbons (Fsp3) is 0.300. The summed E-state index contributed by atoms with van der Waals surface area (Å²) in [5.74, 6) is 0.564. The number of para-hydroxylation sites is 1. The van der Waals surface area contributed by atoms with E-state index in [0.29, 0.717) is 43.9 Å². The SMILES string of the molecule is Cc1ccccc1OCC(=O)N1CCN(c2ccc(C=O)cc2[N+](=O)[O-])CC1. The van der Waals surface area contributed by atoms with E-state index in [1.165, 1.54) is 6.07 Å². The van der Waals surface area contributed by atoms with Crippen molar-refractivity contribution in [3.8, 4) is 5.75 Å². The lowest BCUT2D eigenvalue weighted by Gasteiger charge is -2.35. The first-order chi connectivity index (χ1) is 13.5. The molecule has 0 radical (unpaired) electrons. The Morgan fingerprint density at radius 2 is 1.89 bits per heavy atom. The Morgan fingerprint density at radius 3 is 2.54 bits per heavy atom. The summed E-state index contributed by atoms with van der Waals surface area (Å²) in [6.45, 7) is 3.71. The van der Waals surface area contributed by atoms with E-state index < -0.39 is 4.92 Å². The van der Waals surface area contributed by atoms with Crippen LogP contribution in [0.5, 0.6) is 5.75 Å². The Hall–Kier alpha value is -3.42. The molecule has 2 aromatic rings. The van der Waals surface area contributed by atoms with Gasteiger partial charge < -0.3 is 14.5 Å². The molecule has 0 atom stereocenters. The highest BCUT2D eigenvalue weighted by Gasteiger charge is 2.26. The predicted molar refractivity (Wildman–Crippen MR) is 104 cm³/mol. The van der Waals surface area contributed by atoms with Crippen LogP contribution in [-0.4, -0.2) is 54.8 Å². The van der Waals surface area contributed by atoms with E-state index >= 15 is 0 Å². The largest absolute Gasteiger partial charge is 0.484 e. The number of ether oxygens (including phenoxy) is 1. The zero-order chi connectivity index (χ0) is 20.1. The van der Waals surface area contributed by atoms with Gasteiger partial charge >= 0.3 is 0 Å². The van der Waals surface area contributed by atoms with Gasteiger partial charge in [0.15, 0.2) is 6.61 Å². The summed E-state index contributed by atoms with van der Waals surface area (Å²) < 4.78 is 5.61. The van der Waals surface area contributed by atoms with Crippen LogP contribution in [-0.2, 0) is 4.79 Å². The number of hydrogen-bond acceptors (Lipinski definition) is 6. The molecule has 0 aliphatic carbocycles. The van der Waals surface area contributed by atoms with Crippen LogP contribution in [0.1, 0.15) is 15.9 Å². The number of rotatable bonds is 6. The van der Waals surface area contributed by atoms with Crippen molar-refractivity contribution in [1.29, 1.82) is 0 Å². The molecule has 0 saturated carbocycles. The third kappa shape index (κ3) is 4.28. The van der Waals surface area contributed by atoms with Gasteiger partial charge in [0.25, 0.3) is 11.6 Å². The zero-order valence-corrected chi connectivity index (χ0v) is 15.5. The van der Waals surface area contributed by atoms with E-state index in [4.69, 9.17) is 4.74 Å². The number of nitro groups is 1. The van der Waals surface area contributed by atoms with Gasteiger partial charge in [0, 0.05) is 37.8 Å². The normalized spacial score (nSPS) is 13.9. The van der Waals surface area contributed by atoms with Gasteiger partial charge in [0.2, 0.25) is 0 Å². The number of piperazine rings is 1. The molecule has 1 saturated heterocycles. The summed E-state index contributed by atoms with van der Waals surface area (Å²) in [5, 5.41) is 11.3. The van der Waals surface area contributed by atoms with Crippen LogP contribution in [0.3, 0.4) is 0 Å². The topological polar surface area (TPSA) is 93.0 Å². The van der Waals surface area contributed by atoms with Gasteiger partial charge in [-0.2, -0.15) is 0 Å². The second-order valence-electron chi connectivity index (χ2n) is 6.55. The number of nitro benzene ring substituents is 1. The van der Waals surface area contributed by atoms with Crippen molar-refractivity contribution in [1.82, 2.24) is 4.90 Å². The van der Waals surface area contributed by atoms with E-state index in [1.54, 1.807) is 17.0 Å². The first-order valence-electron chi connectivity index (χ1n) is 8.94. The Bertz CT molecular complexity index is 891. The molecular weight excluding hydrogens is 362 g/mol. The molecule has 3 rings (SSSR count). The highest BCUT2D eigenvalue weighted by atomic mass is 16.6. The minimum atomic E-state index is -0.490. The van der Waals surface area contributed by atoms with Gasteiger partial charge in [0.1, 0.15) is 17.7 Å². The molecule has 0 N–H and O–H groups in total. The van der Waals surface area contributed by atoms with E-state index in [0.717, 1.165) is 5.56 Å². The summed E-state index contributed by atoms with van der Waals surface area (Å²) in [6.07, 6.45) is 0.585. The summed E-state index contributed by atoms with van der Waals surface area (Å²) >= 11 is 0. The van der Waals surface area contributed by atoms with Crippen LogP contribution in [0, 0.1) is 17.0 Å². The average Bonchev–Trinajstić information content (AvgIpc) is 2.72. The van der Waals surface area contributed by atoms with Gasteiger partial charge in [0.05, 0.1) is 4.92 Å². The van der Waals surface area contributed by atoms with Gasteiger partial charge in [-0.25, -0.2) is 0 Å². The summed E-state index contributed by atoms with van der Waals surface area (Å²) in [7, 11) is 0. The molecule has 8 heteroatoms. The second-order valence-corrected chi connectivity index (χ2v) is 6.55. The van der Waals surface area contributed by atoms with Gasteiger partial charge in [-0.3, -0.25) is 19.7 Å². The zero-order valence-electron chi connectivity index (χ0n) is 15.5. The average molecular weight is 383 g/mol. The van der Waals surface area contributed by atoms with Crippen LogP contribution < -0.4 is 9.64 Å². The van der Waals surface area contributed by atoms with Gasteiger partial charge in [-0.1, -0.05) is 18.2 Å². The van der Waals surface area contributed by atoms with Crippen LogP contribution in [0.4, 0.5) is 11.4 Å². The summed E-state index contributed by atoms with van der Waals surface area (Å²) in [6, 6.07) is 11.9. The number of aldehydes is 1. The van der Waals surface area contributed by atoms with Crippen LogP contribution in [0.25, 0.3) is 0 Å². The highest BCUT2D eigenvalue weighted by molar-refractivity contribution is 5.80. The van der Waals surface area contributed by atoms with Crippen LogP contribution >= 0.6 is 0 Å². The second kappa shape index (κ2) is 8.51. The number of anilines is 1. The minimum absolute atomic E-state index is 0.0426. The van der Waals surface area contributed by atoms with Crippen molar-refractivity contribution in [3.05, 3.63) is 63.7 Å². The fourth-order valence-corrected chi connectivity index (χ4v) is 3.17. The number of benzene rings is 2. The number of carbonyl (C=O) groups excluding carboxylic acids is 2. The van der Waals surface area contributed by atoms with Crippen molar-refractivity contribution in [2.45, 2.75) is 6.92 Å². The molecule has 0 bridgehead atoms. The first kappa shape index (κ1) is 19.3. The van der Waals surface area contributed by atoms with Gasteiger partial charge in [-0.05, 0) is 30.7 Å². The lowest BCUT2D eigenvalue weighted by atomic mass is 10.1.